The van der Waals surface area contributed by atoms with Crippen LogP contribution in [-0.2, 0) is 0 Å². The van der Waals surface area contributed by atoms with Crippen molar-refractivity contribution in [3.05, 3.63) is 60.3 Å². The van der Waals surface area contributed by atoms with E-state index in [1.807, 2.05) is 37.3 Å². The second-order valence-corrected chi connectivity index (χ2v) is 5.28. The molecule has 0 spiro atoms. The fourth-order valence-electron chi connectivity index (χ4n) is 2.50. The van der Waals surface area contributed by atoms with Gasteiger partial charge in [0, 0.05) is 17.3 Å². The summed E-state index contributed by atoms with van der Waals surface area (Å²) in [4.78, 5) is 12.6. The molecule has 3 rings (SSSR count). The molecule has 0 bridgehead atoms. The van der Waals surface area contributed by atoms with Crippen molar-refractivity contribution in [2.24, 2.45) is 0 Å². The molecule has 6 heteroatoms. The Morgan fingerprint density at radius 1 is 1.16 bits per heavy atom. The summed E-state index contributed by atoms with van der Waals surface area (Å²) in [6, 6.07) is 14.9. The Labute approximate surface area is 145 Å². The minimum atomic E-state index is -0.251. The lowest BCUT2D eigenvalue weighted by molar-refractivity contribution is 0.102. The van der Waals surface area contributed by atoms with Crippen LogP contribution in [-0.4, -0.2) is 29.8 Å². The molecule has 2 N–H and O–H groups in total. The number of benzene rings is 2. The second kappa shape index (κ2) is 7.53. The number of hydrogen-bond donors (Lipinski definition) is 2. The van der Waals surface area contributed by atoms with Gasteiger partial charge in [0.25, 0.3) is 5.91 Å². The minimum absolute atomic E-state index is 0.251. The molecule has 0 saturated carbocycles. The Kier molecular flexibility index (Phi) is 4.99. The number of ether oxygens (including phenoxy) is 2. The van der Waals surface area contributed by atoms with Gasteiger partial charge in [-0.2, -0.15) is 5.10 Å². The predicted molar refractivity (Wildman–Crippen MR) is 96.1 cm³/mol. The molecule has 2 aromatic carbocycles. The van der Waals surface area contributed by atoms with Crippen LogP contribution in [0.15, 0.2) is 54.7 Å². The van der Waals surface area contributed by atoms with Crippen molar-refractivity contribution in [3.63, 3.8) is 0 Å². The number of aromatic amines is 1. The summed E-state index contributed by atoms with van der Waals surface area (Å²) in [5.74, 6) is 0.949. The summed E-state index contributed by atoms with van der Waals surface area (Å²) in [6.45, 7) is 2.44. The van der Waals surface area contributed by atoms with Gasteiger partial charge in [0.2, 0.25) is 0 Å². The molecule has 0 unspecified atom stereocenters. The van der Waals surface area contributed by atoms with Crippen LogP contribution in [0, 0.1) is 0 Å². The Hall–Kier alpha value is -3.28. The number of amides is 1. The standard InChI is InChI=1S/C19H19N3O3/c1-3-25-16-10-9-14(11-17(16)24-2)21-19(23)15-12-20-22-18(15)13-7-5-4-6-8-13/h4-12H,3H2,1-2H3,(H,20,22)(H,21,23). The smallest absolute Gasteiger partial charge is 0.259 e. The molecule has 3 aromatic rings. The third-order valence-corrected chi connectivity index (χ3v) is 3.67. The van der Waals surface area contributed by atoms with Crippen LogP contribution in [0.3, 0.4) is 0 Å². The molecular weight excluding hydrogens is 318 g/mol. The zero-order valence-corrected chi connectivity index (χ0v) is 14.1. The maximum atomic E-state index is 12.6. The highest BCUT2D eigenvalue weighted by Gasteiger charge is 2.16. The fraction of sp³-hybridized carbons (Fsp3) is 0.158. The first kappa shape index (κ1) is 16.6. The molecule has 1 heterocycles. The van der Waals surface area contributed by atoms with E-state index in [2.05, 4.69) is 15.5 Å². The summed E-state index contributed by atoms with van der Waals surface area (Å²) >= 11 is 0. The maximum Gasteiger partial charge on any atom is 0.259 e. The van der Waals surface area contributed by atoms with Gasteiger partial charge in [-0.3, -0.25) is 9.89 Å². The first-order chi connectivity index (χ1) is 12.2. The maximum absolute atomic E-state index is 12.6. The Bertz CT molecular complexity index is 859. The molecule has 128 valence electrons. The molecule has 0 aliphatic rings. The Morgan fingerprint density at radius 2 is 1.96 bits per heavy atom. The summed E-state index contributed by atoms with van der Waals surface area (Å²) in [5.41, 5.74) is 2.66. The largest absolute Gasteiger partial charge is 0.493 e. The number of H-pyrrole nitrogens is 1. The van der Waals surface area contributed by atoms with Crippen LogP contribution < -0.4 is 14.8 Å². The van der Waals surface area contributed by atoms with Crippen LogP contribution in [0.2, 0.25) is 0 Å². The van der Waals surface area contributed by atoms with Gasteiger partial charge in [-0.1, -0.05) is 30.3 Å². The van der Waals surface area contributed by atoms with E-state index in [1.54, 1.807) is 25.3 Å². The van der Waals surface area contributed by atoms with Crippen LogP contribution in [0.5, 0.6) is 11.5 Å². The summed E-state index contributed by atoms with van der Waals surface area (Å²) in [5, 5.41) is 9.75. The normalized spacial score (nSPS) is 10.3. The lowest BCUT2D eigenvalue weighted by Crippen LogP contribution is -2.12. The van der Waals surface area contributed by atoms with Crippen molar-refractivity contribution in [2.45, 2.75) is 6.92 Å². The monoisotopic (exact) mass is 337 g/mol. The molecular formula is C19H19N3O3. The zero-order chi connectivity index (χ0) is 17.6. The van der Waals surface area contributed by atoms with E-state index in [0.29, 0.717) is 35.1 Å². The summed E-state index contributed by atoms with van der Waals surface area (Å²) in [6.07, 6.45) is 1.52. The molecule has 25 heavy (non-hydrogen) atoms. The third kappa shape index (κ3) is 3.63. The quantitative estimate of drug-likeness (QED) is 0.718. The SMILES string of the molecule is CCOc1ccc(NC(=O)c2cn[nH]c2-c2ccccc2)cc1OC. The van der Waals surface area contributed by atoms with Gasteiger partial charge < -0.3 is 14.8 Å². The van der Waals surface area contributed by atoms with E-state index in [-0.39, 0.29) is 5.91 Å². The van der Waals surface area contributed by atoms with E-state index in [0.717, 1.165) is 5.56 Å². The predicted octanol–water partition coefficient (Wildman–Crippen LogP) is 3.74. The number of aromatic nitrogens is 2. The topological polar surface area (TPSA) is 76.2 Å². The number of rotatable bonds is 6. The van der Waals surface area contributed by atoms with Crippen molar-refractivity contribution >= 4 is 11.6 Å². The van der Waals surface area contributed by atoms with E-state index in [4.69, 9.17) is 9.47 Å². The average molecular weight is 337 g/mol. The molecule has 0 atom stereocenters. The highest BCUT2D eigenvalue weighted by Crippen LogP contribution is 2.30. The third-order valence-electron chi connectivity index (χ3n) is 3.67. The van der Waals surface area contributed by atoms with Gasteiger partial charge in [-0.25, -0.2) is 0 Å². The van der Waals surface area contributed by atoms with Crippen LogP contribution in [0.4, 0.5) is 5.69 Å². The first-order valence-electron chi connectivity index (χ1n) is 7.94. The van der Waals surface area contributed by atoms with Crippen molar-refractivity contribution in [1.82, 2.24) is 10.2 Å². The molecule has 0 aliphatic carbocycles. The van der Waals surface area contributed by atoms with E-state index in [9.17, 15) is 4.79 Å². The number of carbonyl (C=O) groups is 1. The van der Waals surface area contributed by atoms with Gasteiger partial charge in [0.05, 0.1) is 31.2 Å². The lowest BCUT2D eigenvalue weighted by Gasteiger charge is -2.12. The van der Waals surface area contributed by atoms with Gasteiger partial charge in [-0.05, 0) is 19.1 Å². The molecule has 1 aromatic heterocycles. The lowest BCUT2D eigenvalue weighted by atomic mass is 10.1. The van der Waals surface area contributed by atoms with E-state index >= 15 is 0 Å². The molecule has 0 fully saturated rings. The van der Waals surface area contributed by atoms with Crippen LogP contribution in [0.1, 0.15) is 17.3 Å². The summed E-state index contributed by atoms with van der Waals surface area (Å²) < 4.78 is 10.8. The van der Waals surface area contributed by atoms with Crippen molar-refractivity contribution < 1.29 is 14.3 Å². The number of nitrogens with zero attached hydrogens (tertiary/aromatic N) is 1. The second-order valence-electron chi connectivity index (χ2n) is 5.28. The van der Waals surface area contributed by atoms with Crippen molar-refractivity contribution in [1.29, 1.82) is 0 Å². The van der Waals surface area contributed by atoms with E-state index in [1.165, 1.54) is 6.20 Å². The molecule has 6 nitrogen and oxygen atoms in total. The highest BCUT2D eigenvalue weighted by molar-refractivity contribution is 6.08. The van der Waals surface area contributed by atoms with Crippen molar-refractivity contribution in [2.75, 3.05) is 19.0 Å². The highest BCUT2D eigenvalue weighted by atomic mass is 16.5. The number of anilines is 1. The Balaban J connectivity index is 1.83. The van der Waals surface area contributed by atoms with Gasteiger partial charge in [0.1, 0.15) is 0 Å². The van der Waals surface area contributed by atoms with Gasteiger partial charge >= 0.3 is 0 Å². The van der Waals surface area contributed by atoms with Crippen LogP contribution >= 0.6 is 0 Å². The number of hydrogen-bond acceptors (Lipinski definition) is 4. The van der Waals surface area contributed by atoms with Gasteiger partial charge in [-0.15, -0.1) is 0 Å². The molecule has 1 amide bonds. The van der Waals surface area contributed by atoms with Crippen molar-refractivity contribution in [3.8, 4) is 22.8 Å². The number of methoxy groups -OCH3 is 1. The number of carbonyl (C=O) groups excluding carboxylic acids is 1. The van der Waals surface area contributed by atoms with E-state index < -0.39 is 0 Å². The zero-order valence-electron chi connectivity index (χ0n) is 14.1. The molecule has 0 aliphatic heterocycles. The summed E-state index contributed by atoms with van der Waals surface area (Å²) in [7, 11) is 1.56. The number of nitrogens with one attached hydrogen (secondary N) is 2. The minimum Gasteiger partial charge on any atom is -0.493 e. The first-order valence-corrected chi connectivity index (χ1v) is 7.94. The van der Waals surface area contributed by atoms with Crippen LogP contribution in [0.25, 0.3) is 11.3 Å². The average Bonchev–Trinajstić information content (AvgIpc) is 3.14. The molecule has 0 radical (unpaired) electrons. The fourth-order valence-corrected chi connectivity index (χ4v) is 2.50. The Morgan fingerprint density at radius 3 is 2.68 bits per heavy atom. The van der Waals surface area contributed by atoms with Gasteiger partial charge in [0.15, 0.2) is 11.5 Å². The molecule has 0 saturated heterocycles.